The summed E-state index contributed by atoms with van der Waals surface area (Å²) in [6.07, 6.45) is 5.60. The van der Waals surface area contributed by atoms with Crippen LogP contribution in [0, 0.1) is 29.0 Å². The highest BCUT2D eigenvalue weighted by Crippen LogP contribution is 2.63. The number of nitrogens with one attached hydrogen (secondary N) is 1. The van der Waals surface area contributed by atoms with Crippen LogP contribution < -0.4 is 5.32 Å². The van der Waals surface area contributed by atoms with Crippen molar-refractivity contribution in [2.45, 2.75) is 56.9 Å². The number of carbonyl (C=O) groups excluding carboxylic acids is 2. The molecule has 0 bridgehead atoms. The number of piperidine rings is 1. The fourth-order valence-electron chi connectivity index (χ4n) is 6.42. The number of halogens is 2. The first-order valence-corrected chi connectivity index (χ1v) is 13.5. The van der Waals surface area contributed by atoms with Crippen LogP contribution in [0.5, 0.6) is 0 Å². The van der Waals surface area contributed by atoms with Gasteiger partial charge in [0.2, 0.25) is 5.91 Å². The van der Waals surface area contributed by atoms with E-state index in [9.17, 15) is 19.2 Å². The summed E-state index contributed by atoms with van der Waals surface area (Å²) in [5.74, 6) is 0.373. The lowest BCUT2D eigenvalue weighted by Crippen LogP contribution is -2.49. The van der Waals surface area contributed by atoms with E-state index in [1.165, 1.54) is 23.8 Å². The van der Waals surface area contributed by atoms with Gasteiger partial charge in [-0.3, -0.25) is 4.79 Å². The second-order valence-corrected chi connectivity index (χ2v) is 11.2. The first kappa shape index (κ1) is 25.5. The summed E-state index contributed by atoms with van der Waals surface area (Å²) in [6.45, 7) is 3.66. The molecule has 0 spiro atoms. The lowest BCUT2D eigenvalue weighted by atomic mass is 9.79. The van der Waals surface area contributed by atoms with Crippen molar-refractivity contribution in [3.63, 3.8) is 0 Å². The van der Waals surface area contributed by atoms with Crippen LogP contribution in [0.2, 0.25) is 5.02 Å². The Morgan fingerprint density at radius 3 is 2.68 bits per heavy atom. The van der Waals surface area contributed by atoms with Gasteiger partial charge in [-0.25, -0.2) is 9.18 Å². The molecule has 2 aromatic rings. The van der Waals surface area contributed by atoms with Gasteiger partial charge in [0.05, 0.1) is 16.7 Å². The molecule has 1 saturated heterocycles. The predicted molar refractivity (Wildman–Crippen MR) is 141 cm³/mol. The number of benzene rings is 2. The molecule has 3 aliphatic rings. The molecule has 0 radical (unpaired) electrons. The maximum atomic E-state index is 13.7. The summed E-state index contributed by atoms with van der Waals surface area (Å²) >= 11 is 5.95. The third-order valence-corrected chi connectivity index (χ3v) is 8.96. The summed E-state index contributed by atoms with van der Waals surface area (Å²) < 4.78 is 13.7. The maximum Gasteiger partial charge on any atom is 0.322 e. The van der Waals surface area contributed by atoms with Gasteiger partial charge in [-0.15, -0.1) is 0 Å². The smallest absolute Gasteiger partial charge is 0.322 e. The van der Waals surface area contributed by atoms with Gasteiger partial charge in [0.25, 0.3) is 0 Å². The largest absolute Gasteiger partial charge is 0.343 e. The molecule has 1 aliphatic heterocycles. The average molecular weight is 523 g/mol. The highest BCUT2D eigenvalue weighted by molar-refractivity contribution is 6.31. The number of rotatable bonds is 5. The van der Waals surface area contributed by atoms with Crippen molar-refractivity contribution in [1.82, 2.24) is 9.80 Å². The van der Waals surface area contributed by atoms with Crippen LogP contribution in [0.1, 0.15) is 56.6 Å². The first-order chi connectivity index (χ1) is 17.8. The van der Waals surface area contributed by atoms with Gasteiger partial charge in [-0.1, -0.05) is 23.7 Å². The van der Waals surface area contributed by atoms with E-state index in [1.807, 2.05) is 28.0 Å². The van der Waals surface area contributed by atoms with Crippen molar-refractivity contribution in [2.75, 3.05) is 25.0 Å². The molecular formula is C29H32ClFN4O2. The van der Waals surface area contributed by atoms with Crippen molar-refractivity contribution in [3.05, 3.63) is 64.4 Å². The number of likely N-dealkylation sites (tertiary alicyclic amines) is 1. The minimum atomic E-state index is -0.522. The van der Waals surface area contributed by atoms with Gasteiger partial charge in [0.1, 0.15) is 5.82 Å². The van der Waals surface area contributed by atoms with E-state index in [1.54, 1.807) is 6.92 Å². The van der Waals surface area contributed by atoms with E-state index < -0.39 is 5.82 Å². The number of anilines is 1. The summed E-state index contributed by atoms with van der Waals surface area (Å²) in [5, 5.41) is 12.3. The van der Waals surface area contributed by atoms with Crippen LogP contribution >= 0.6 is 11.6 Å². The average Bonchev–Trinajstić information content (AvgIpc) is 3.65. The van der Waals surface area contributed by atoms with Crippen LogP contribution in [-0.2, 0) is 10.2 Å². The number of fused-ring (bicyclic) bond motifs is 1. The second-order valence-electron chi connectivity index (χ2n) is 10.8. The number of carbonyl (C=O) groups is 2. The van der Waals surface area contributed by atoms with Crippen LogP contribution in [0.25, 0.3) is 0 Å². The number of nitriles is 1. The standard InChI is InChI=1S/C29H32ClFN4O2/c1-19(36)34-11-8-20(9-12-34)18-35(28(37)33-24-5-6-27(31)26(30)15-24)25-7-10-29(16-23(29)14-25)22-4-2-3-21(13-22)17-32/h2-6,13,15,20,23,25H,7-12,14,16,18H2,1H3,(H,33,37)/t23-,25+,29+/m0/s1. The first-order valence-electron chi connectivity index (χ1n) is 13.1. The van der Waals surface area contributed by atoms with E-state index in [-0.39, 0.29) is 28.4 Å². The van der Waals surface area contributed by atoms with E-state index in [0.29, 0.717) is 42.7 Å². The third-order valence-electron chi connectivity index (χ3n) is 8.67. The van der Waals surface area contributed by atoms with Gasteiger partial charge in [0.15, 0.2) is 0 Å². The van der Waals surface area contributed by atoms with Crippen molar-refractivity contribution in [2.24, 2.45) is 11.8 Å². The Labute approximate surface area is 222 Å². The van der Waals surface area contributed by atoms with Crippen LogP contribution in [0.4, 0.5) is 14.9 Å². The zero-order valence-corrected chi connectivity index (χ0v) is 21.8. The molecular weight excluding hydrogens is 491 g/mol. The Kier molecular flexibility index (Phi) is 7.13. The van der Waals surface area contributed by atoms with Crippen LogP contribution in [-0.4, -0.2) is 47.4 Å². The zero-order valence-electron chi connectivity index (χ0n) is 21.1. The maximum absolute atomic E-state index is 13.7. The normalized spacial score (nSPS) is 25.1. The number of hydrogen-bond donors (Lipinski definition) is 1. The molecule has 194 valence electrons. The molecule has 6 nitrogen and oxygen atoms in total. The fraction of sp³-hybridized carbons (Fsp3) is 0.483. The number of amides is 3. The van der Waals surface area contributed by atoms with Crippen molar-refractivity contribution in [3.8, 4) is 6.07 Å². The lowest BCUT2D eigenvalue weighted by molar-refractivity contribution is -0.130. The fourth-order valence-corrected chi connectivity index (χ4v) is 6.60. The van der Waals surface area contributed by atoms with Gasteiger partial charge in [0, 0.05) is 38.3 Å². The molecule has 3 atom stereocenters. The second kappa shape index (κ2) is 10.3. The molecule has 8 heteroatoms. The Bertz CT molecular complexity index is 1240. The molecule has 2 aromatic carbocycles. The molecule has 1 heterocycles. The van der Waals surface area contributed by atoms with Crippen molar-refractivity contribution >= 4 is 29.2 Å². The number of hydrogen-bond acceptors (Lipinski definition) is 3. The summed E-state index contributed by atoms with van der Waals surface area (Å²) in [6, 6.07) is 14.3. The van der Waals surface area contributed by atoms with Gasteiger partial charge in [-0.2, -0.15) is 5.26 Å². The number of nitrogens with zero attached hydrogens (tertiary/aromatic N) is 3. The quantitative estimate of drug-likeness (QED) is 0.527. The van der Waals surface area contributed by atoms with Gasteiger partial charge >= 0.3 is 6.03 Å². The van der Waals surface area contributed by atoms with E-state index in [4.69, 9.17) is 11.6 Å². The van der Waals surface area contributed by atoms with Crippen LogP contribution in [0.3, 0.4) is 0 Å². The molecule has 2 saturated carbocycles. The topological polar surface area (TPSA) is 76.4 Å². The Balaban J connectivity index is 1.31. The van der Waals surface area contributed by atoms with Gasteiger partial charge < -0.3 is 15.1 Å². The monoisotopic (exact) mass is 522 g/mol. The van der Waals surface area contributed by atoms with E-state index in [2.05, 4.69) is 17.5 Å². The van der Waals surface area contributed by atoms with E-state index in [0.717, 1.165) is 38.5 Å². The summed E-state index contributed by atoms with van der Waals surface area (Å²) in [7, 11) is 0. The summed E-state index contributed by atoms with van der Waals surface area (Å²) in [5.41, 5.74) is 2.51. The minimum absolute atomic E-state index is 0.0269. The molecule has 5 rings (SSSR count). The molecule has 1 N–H and O–H groups in total. The minimum Gasteiger partial charge on any atom is -0.343 e. The van der Waals surface area contributed by atoms with Crippen molar-refractivity contribution < 1.29 is 14.0 Å². The lowest BCUT2D eigenvalue weighted by Gasteiger charge is -2.40. The molecule has 3 fully saturated rings. The van der Waals surface area contributed by atoms with Gasteiger partial charge in [-0.05, 0) is 91.7 Å². The number of urea groups is 1. The third kappa shape index (κ3) is 5.31. The molecule has 2 aliphatic carbocycles. The van der Waals surface area contributed by atoms with E-state index >= 15 is 0 Å². The van der Waals surface area contributed by atoms with Crippen molar-refractivity contribution in [1.29, 1.82) is 5.26 Å². The molecule has 3 amide bonds. The molecule has 37 heavy (non-hydrogen) atoms. The Morgan fingerprint density at radius 1 is 1.22 bits per heavy atom. The SMILES string of the molecule is CC(=O)N1CCC(CN(C(=O)Nc2ccc(F)c(Cl)c2)[C@@H]2CC[C@]3(c4cccc(C#N)c4)C[C@@H]3C2)CC1. The predicted octanol–water partition coefficient (Wildman–Crippen LogP) is 5.95. The Morgan fingerprint density at radius 2 is 2.00 bits per heavy atom. The van der Waals surface area contributed by atoms with Crippen LogP contribution in [0.15, 0.2) is 42.5 Å². The Hall–Kier alpha value is -3.11. The highest BCUT2D eigenvalue weighted by Gasteiger charge is 2.58. The zero-order chi connectivity index (χ0) is 26.2. The summed E-state index contributed by atoms with van der Waals surface area (Å²) in [4.78, 5) is 29.2. The molecule has 0 unspecified atom stereocenters. The molecule has 0 aromatic heterocycles. The highest BCUT2D eigenvalue weighted by atomic mass is 35.5.